The maximum atomic E-state index is 12.2. The number of hydrogen-bond acceptors (Lipinski definition) is 3. The number of carbonyl (C=O) groups excluding carboxylic acids is 2. The van der Waals surface area contributed by atoms with Crippen LogP contribution in [0, 0.1) is 0 Å². The topological polar surface area (TPSA) is 34.1 Å². The summed E-state index contributed by atoms with van der Waals surface area (Å²) < 4.78 is 0. The van der Waals surface area contributed by atoms with E-state index in [1.165, 1.54) is 28.7 Å². The molecule has 106 valence electrons. The molecule has 0 saturated heterocycles. The Hall–Kier alpha value is -2.39. The van der Waals surface area contributed by atoms with Crippen LogP contribution < -0.4 is 0 Å². The monoisotopic (exact) mass is 304 g/mol. The predicted octanol–water partition coefficient (Wildman–Crippen LogP) is 3.83. The van der Waals surface area contributed by atoms with Crippen LogP contribution in [0.4, 0.5) is 0 Å². The summed E-state index contributed by atoms with van der Waals surface area (Å²) in [5, 5.41) is 0. The van der Waals surface area contributed by atoms with Crippen molar-refractivity contribution in [3.8, 4) is 0 Å². The van der Waals surface area contributed by atoms with E-state index in [-0.39, 0.29) is 11.6 Å². The first kappa shape index (κ1) is 13.3. The van der Waals surface area contributed by atoms with Gasteiger partial charge in [0, 0.05) is 21.8 Å². The first-order valence-corrected chi connectivity index (χ1v) is 7.90. The highest BCUT2D eigenvalue weighted by Crippen LogP contribution is 2.42. The molecule has 0 N–H and O–H groups in total. The van der Waals surface area contributed by atoms with E-state index < -0.39 is 0 Å². The fourth-order valence-corrected chi connectivity index (χ4v) is 3.98. The van der Waals surface area contributed by atoms with E-state index >= 15 is 0 Å². The Morgan fingerprint density at radius 3 is 2.59 bits per heavy atom. The molecule has 1 heterocycles. The maximum Gasteiger partial charge on any atom is 0.186 e. The first-order chi connectivity index (χ1) is 10.7. The van der Waals surface area contributed by atoms with Gasteiger partial charge in [-0.3, -0.25) is 9.59 Å². The van der Waals surface area contributed by atoms with Crippen LogP contribution in [-0.4, -0.2) is 11.6 Å². The molecule has 2 aromatic rings. The minimum Gasteiger partial charge on any atom is -0.290 e. The summed E-state index contributed by atoms with van der Waals surface area (Å²) in [6.45, 7) is 0. The summed E-state index contributed by atoms with van der Waals surface area (Å²) in [5.74, 6) is -0.229. The van der Waals surface area contributed by atoms with Crippen LogP contribution >= 0.6 is 11.8 Å². The van der Waals surface area contributed by atoms with Crippen LogP contribution in [0.15, 0.2) is 70.5 Å². The highest BCUT2D eigenvalue weighted by atomic mass is 32.2. The molecular weight excluding hydrogens is 292 g/mol. The smallest absolute Gasteiger partial charge is 0.186 e. The highest BCUT2D eigenvalue weighted by Gasteiger charge is 2.23. The van der Waals surface area contributed by atoms with Gasteiger partial charge in [-0.1, -0.05) is 42.1 Å². The van der Waals surface area contributed by atoms with E-state index in [2.05, 4.69) is 18.2 Å². The SMILES string of the molecule is O=C1C=CC(=O)C(c2cccc3c2Cc2ccccc2S3)=C1. The Bertz CT molecular complexity index is 875. The van der Waals surface area contributed by atoms with Gasteiger partial charge in [0.15, 0.2) is 11.6 Å². The average Bonchev–Trinajstić information content (AvgIpc) is 2.55. The van der Waals surface area contributed by atoms with Crippen molar-refractivity contribution < 1.29 is 9.59 Å². The van der Waals surface area contributed by atoms with E-state index in [1.807, 2.05) is 24.3 Å². The summed E-state index contributed by atoms with van der Waals surface area (Å²) in [6, 6.07) is 14.3. The zero-order valence-electron chi connectivity index (χ0n) is 11.7. The van der Waals surface area contributed by atoms with Crippen LogP contribution in [0.5, 0.6) is 0 Å². The van der Waals surface area contributed by atoms with E-state index in [4.69, 9.17) is 0 Å². The molecule has 0 fully saturated rings. The minimum absolute atomic E-state index is 0.100. The van der Waals surface area contributed by atoms with Gasteiger partial charge < -0.3 is 0 Å². The van der Waals surface area contributed by atoms with Gasteiger partial charge in [0.2, 0.25) is 0 Å². The number of carbonyl (C=O) groups is 2. The van der Waals surface area contributed by atoms with Gasteiger partial charge in [0.1, 0.15) is 0 Å². The lowest BCUT2D eigenvalue weighted by Gasteiger charge is -2.22. The summed E-state index contributed by atoms with van der Waals surface area (Å²) in [7, 11) is 0. The Kier molecular flexibility index (Phi) is 3.09. The van der Waals surface area contributed by atoms with E-state index in [0.29, 0.717) is 5.57 Å². The Labute approximate surface area is 132 Å². The number of benzene rings is 2. The molecule has 22 heavy (non-hydrogen) atoms. The Morgan fingerprint density at radius 1 is 0.864 bits per heavy atom. The lowest BCUT2D eigenvalue weighted by molar-refractivity contribution is -0.113. The van der Waals surface area contributed by atoms with Crippen molar-refractivity contribution in [3.05, 3.63) is 77.4 Å². The molecule has 0 unspecified atom stereocenters. The molecule has 0 bridgehead atoms. The third kappa shape index (κ3) is 2.14. The molecule has 0 spiro atoms. The van der Waals surface area contributed by atoms with Crippen LogP contribution in [0.2, 0.25) is 0 Å². The zero-order valence-corrected chi connectivity index (χ0v) is 12.5. The molecule has 2 aromatic carbocycles. The molecule has 0 saturated carbocycles. The molecule has 4 rings (SSSR count). The van der Waals surface area contributed by atoms with Gasteiger partial charge in [-0.05, 0) is 47.1 Å². The van der Waals surface area contributed by atoms with E-state index in [1.54, 1.807) is 11.8 Å². The second-order valence-electron chi connectivity index (χ2n) is 5.33. The second kappa shape index (κ2) is 5.11. The molecule has 0 atom stereocenters. The van der Waals surface area contributed by atoms with Crippen LogP contribution in [-0.2, 0) is 16.0 Å². The highest BCUT2D eigenvalue weighted by molar-refractivity contribution is 7.99. The van der Waals surface area contributed by atoms with E-state index in [0.717, 1.165) is 22.4 Å². The first-order valence-electron chi connectivity index (χ1n) is 7.08. The van der Waals surface area contributed by atoms with Gasteiger partial charge in [-0.15, -0.1) is 0 Å². The summed E-state index contributed by atoms with van der Waals surface area (Å²) >= 11 is 1.72. The van der Waals surface area contributed by atoms with Crippen molar-refractivity contribution >= 4 is 28.9 Å². The number of hydrogen-bond donors (Lipinski definition) is 0. The van der Waals surface area contributed by atoms with Gasteiger partial charge in [-0.25, -0.2) is 0 Å². The van der Waals surface area contributed by atoms with Crippen molar-refractivity contribution in [1.82, 2.24) is 0 Å². The standard InChI is InChI=1S/C19H12O2S/c20-13-8-9-17(21)15(11-13)14-5-3-7-19-16(14)10-12-4-1-2-6-18(12)22-19/h1-9,11H,10H2. The predicted molar refractivity (Wildman–Crippen MR) is 86.9 cm³/mol. The number of fused-ring (bicyclic) bond motifs is 2. The molecule has 2 aliphatic rings. The quantitative estimate of drug-likeness (QED) is 0.641. The molecule has 2 nitrogen and oxygen atoms in total. The second-order valence-corrected chi connectivity index (χ2v) is 6.41. The third-order valence-electron chi connectivity index (χ3n) is 3.93. The van der Waals surface area contributed by atoms with Crippen LogP contribution in [0.25, 0.3) is 5.57 Å². The molecular formula is C19H12O2S. The summed E-state index contributed by atoms with van der Waals surface area (Å²) in [5.41, 5.74) is 3.78. The number of allylic oxidation sites excluding steroid dienone is 4. The Balaban J connectivity index is 1.85. The molecule has 0 amide bonds. The van der Waals surface area contributed by atoms with Gasteiger partial charge in [-0.2, -0.15) is 0 Å². The fraction of sp³-hybridized carbons (Fsp3) is 0.0526. The molecule has 0 aromatic heterocycles. The lowest BCUT2D eigenvalue weighted by atomic mass is 9.90. The zero-order chi connectivity index (χ0) is 15.1. The van der Waals surface area contributed by atoms with Crippen molar-refractivity contribution in [2.24, 2.45) is 0 Å². The average molecular weight is 304 g/mol. The lowest BCUT2D eigenvalue weighted by Crippen LogP contribution is -2.10. The third-order valence-corrected chi connectivity index (χ3v) is 5.15. The molecule has 0 radical (unpaired) electrons. The fourth-order valence-electron chi connectivity index (χ4n) is 2.87. The van der Waals surface area contributed by atoms with Crippen molar-refractivity contribution in [2.45, 2.75) is 16.2 Å². The largest absolute Gasteiger partial charge is 0.290 e. The Morgan fingerprint density at radius 2 is 1.68 bits per heavy atom. The minimum atomic E-state index is -0.129. The molecule has 1 aliphatic heterocycles. The van der Waals surface area contributed by atoms with Gasteiger partial charge >= 0.3 is 0 Å². The van der Waals surface area contributed by atoms with Crippen LogP contribution in [0.3, 0.4) is 0 Å². The van der Waals surface area contributed by atoms with Crippen molar-refractivity contribution in [1.29, 1.82) is 0 Å². The number of rotatable bonds is 1. The summed E-state index contributed by atoms with van der Waals surface area (Å²) in [6.07, 6.45) is 4.92. The van der Waals surface area contributed by atoms with Gasteiger partial charge in [0.05, 0.1) is 0 Å². The number of ketones is 2. The van der Waals surface area contributed by atoms with Crippen molar-refractivity contribution in [2.75, 3.05) is 0 Å². The maximum absolute atomic E-state index is 12.2. The van der Waals surface area contributed by atoms with Crippen molar-refractivity contribution in [3.63, 3.8) is 0 Å². The molecule has 1 aliphatic carbocycles. The van der Waals surface area contributed by atoms with E-state index in [9.17, 15) is 9.59 Å². The normalized spacial score (nSPS) is 16.1. The molecule has 3 heteroatoms. The summed E-state index contributed by atoms with van der Waals surface area (Å²) in [4.78, 5) is 26.2. The van der Waals surface area contributed by atoms with Crippen LogP contribution in [0.1, 0.15) is 16.7 Å². The van der Waals surface area contributed by atoms with Gasteiger partial charge in [0.25, 0.3) is 0 Å².